The van der Waals surface area contributed by atoms with E-state index in [1.54, 1.807) is 0 Å². The summed E-state index contributed by atoms with van der Waals surface area (Å²) in [5.74, 6) is 1.74. The van der Waals surface area contributed by atoms with E-state index < -0.39 is 0 Å². The molecule has 3 heteroatoms. The van der Waals surface area contributed by atoms with Crippen LogP contribution in [0.2, 0.25) is 0 Å². The van der Waals surface area contributed by atoms with E-state index in [2.05, 4.69) is 35.0 Å². The van der Waals surface area contributed by atoms with Crippen molar-refractivity contribution in [2.45, 2.75) is 19.8 Å². The van der Waals surface area contributed by atoms with Crippen LogP contribution in [-0.2, 0) is 0 Å². The summed E-state index contributed by atoms with van der Waals surface area (Å²) in [4.78, 5) is 5.76. The van der Waals surface area contributed by atoms with Crippen LogP contribution in [0, 0.1) is 17.2 Å². The molecule has 1 saturated heterocycles. The molecule has 20 heavy (non-hydrogen) atoms. The molecule has 106 valence electrons. The molecule has 1 unspecified atom stereocenters. The maximum Gasteiger partial charge on any atom is 0.124 e. The van der Waals surface area contributed by atoms with Crippen molar-refractivity contribution in [1.29, 1.82) is 5.26 Å². The first-order valence-corrected chi connectivity index (χ1v) is 7.25. The van der Waals surface area contributed by atoms with Crippen molar-refractivity contribution in [2.24, 2.45) is 5.92 Å². The third-order valence-corrected chi connectivity index (χ3v) is 4.18. The third-order valence-electron chi connectivity index (χ3n) is 4.18. The van der Waals surface area contributed by atoms with Crippen LogP contribution < -0.4 is 4.90 Å². The first kappa shape index (κ1) is 12.8. The summed E-state index contributed by atoms with van der Waals surface area (Å²) in [5.41, 5.74) is 2.90. The fraction of sp³-hybridized carbons (Fsp3) is 0.353. The Hall–Kier alpha value is -2.21. The number of aromatic nitrogens is 1. The van der Waals surface area contributed by atoms with Gasteiger partial charge in [0.25, 0.3) is 0 Å². The number of hydrogen-bond donors (Lipinski definition) is 1. The van der Waals surface area contributed by atoms with Gasteiger partial charge in [-0.25, -0.2) is 0 Å². The quantitative estimate of drug-likeness (QED) is 0.903. The summed E-state index contributed by atoms with van der Waals surface area (Å²) in [6, 6.07) is 14.5. The Morgan fingerprint density at radius 3 is 2.85 bits per heavy atom. The Morgan fingerprint density at radius 1 is 1.40 bits per heavy atom. The molecule has 1 aliphatic rings. The summed E-state index contributed by atoms with van der Waals surface area (Å²) in [5, 5.41) is 9.37. The molecular formula is C17H23N3. The first-order valence-electron chi connectivity index (χ1n) is 7.25. The monoisotopic (exact) mass is 269 g/mol. The van der Waals surface area contributed by atoms with E-state index in [-0.39, 0.29) is 2.85 Å². The molecule has 1 atom stereocenters. The molecule has 0 aliphatic carbocycles. The highest BCUT2D eigenvalue weighted by Crippen LogP contribution is 2.31. The molecule has 1 aromatic carbocycles. The minimum absolute atomic E-state index is 0. The largest absolute Gasteiger partial charge is 0.357 e. The first-order chi connectivity index (χ1) is 9.81. The highest BCUT2D eigenvalue weighted by Gasteiger charge is 2.24. The number of nitriles is 1. The van der Waals surface area contributed by atoms with Gasteiger partial charge < -0.3 is 9.88 Å². The molecule has 0 bridgehead atoms. The van der Waals surface area contributed by atoms with E-state index in [1.807, 2.05) is 24.3 Å². The van der Waals surface area contributed by atoms with E-state index in [9.17, 15) is 5.26 Å². The van der Waals surface area contributed by atoms with Crippen LogP contribution in [0.5, 0.6) is 0 Å². The number of anilines is 1. The second-order valence-electron chi connectivity index (χ2n) is 5.43. The Morgan fingerprint density at radius 2 is 2.20 bits per heavy atom. The molecule has 1 N–H and O–H groups in total. The molecule has 1 aliphatic heterocycles. The predicted molar refractivity (Wildman–Crippen MR) is 85.8 cm³/mol. The molecule has 1 aromatic heterocycles. The molecule has 2 aromatic rings. The van der Waals surface area contributed by atoms with Crippen LogP contribution in [0.1, 0.15) is 28.2 Å². The number of H-pyrrole nitrogens is 1. The highest BCUT2D eigenvalue weighted by molar-refractivity contribution is 5.69. The van der Waals surface area contributed by atoms with Gasteiger partial charge in [0.05, 0.1) is 5.56 Å². The standard InChI is InChI=1S/C17H19N3.2H2/c1-2-13-8-9-20(12-13)17-15(11-18)10-16(19-17)14-6-4-3-5-7-14;;/h3-7,10,13,19H,2,8-9,12H2,1H3;2*1H. The lowest BCUT2D eigenvalue weighted by Crippen LogP contribution is -2.20. The Bertz CT molecular complexity index is 631. The summed E-state index contributed by atoms with van der Waals surface area (Å²) < 4.78 is 0. The van der Waals surface area contributed by atoms with Crippen molar-refractivity contribution in [3.8, 4) is 17.3 Å². The maximum atomic E-state index is 9.37. The third kappa shape index (κ3) is 2.30. The second kappa shape index (κ2) is 5.42. The average Bonchev–Trinajstić information content (AvgIpc) is 3.14. The highest BCUT2D eigenvalue weighted by atomic mass is 15.2. The number of nitrogens with one attached hydrogen (secondary N) is 1. The Labute approximate surface area is 122 Å². The average molecular weight is 269 g/mol. The molecular weight excluding hydrogens is 246 g/mol. The van der Waals surface area contributed by atoms with Crippen molar-refractivity contribution in [3.63, 3.8) is 0 Å². The summed E-state index contributed by atoms with van der Waals surface area (Å²) in [7, 11) is 0. The lowest BCUT2D eigenvalue weighted by Gasteiger charge is -2.17. The Balaban J connectivity index is 0.00000121. The fourth-order valence-electron chi connectivity index (χ4n) is 2.92. The smallest absolute Gasteiger partial charge is 0.124 e. The molecule has 2 heterocycles. The van der Waals surface area contributed by atoms with Crippen LogP contribution in [0.15, 0.2) is 36.4 Å². The summed E-state index contributed by atoms with van der Waals surface area (Å²) in [6.45, 7) is 4.34. The van der Waals surface area contributed by atoms with Crippen LogP contribution in [0.25, 0.3) is 11.3 Å². The minimum atomic E-state index is 0. The molecule has 3 nitrogen and oxygen atoms in total. The van der Waals surface area contributed by atoms with Crippen molar-refractivity contribution in [2.75, 3.05) is 18.0 Å². The van der Waals surface area contributed by atoms with E-state index >= 15 is 0 Å². The minimum Gasteiger partial charge on any atom is -0.357 e. The van der Waals surface area contributed by atoms with Crippen LogP contribution >= 0.6 is 0 Å². The second-order valence-corrected chi connectivity index (χ2v) is 5.43. The number of rotatable bonds is 3. The zero-order valence-electron chi connectivity index (χ0n) is 11.8. The number of hydrogen-bond acceptors (Lipinski definition) is 2. The number of aromatic amines is 1. The van der Waals surface area contributed by atoms with Crippen molar-refractivity contribution in [3.05, 3.63) is 42.0 Å². The van der Waals surface area contributed by atoms with Gasteiger partial charge in [0, 0.05) is 21.6 Å². The van der Waals surface area contributed by atoms with Gasteiger partial charge in [-0.05, 0) is 24.0 Å². The molecule has 1 fully saturated rings. The summed E-state index contributed by atoms with van der Waals surface area (Å²) in [6.07, 6.45) is 2.44. The lowest BCUT2D eigenvalue weighted by atomic mass is 10.1. The van der Waals surface area contributed by atoms with Gasteiger partial charge in [-0.1, -0.05) is 43.7 Å². The van der Waals surface area contributed by atoms with Crippen molar-refractivity contribution >= 4 is 5.82 Å². The van der Waals surface area contributed by atoms with Crippen molar-refractivity contribution in [1.82, 2.24) is 4.98 Å². The van der Waals surface area contributed by atoms with Crippen LogP contribution in [-0.4, -0.2) is 18.1 Å². The predicted octanol–water partition coefficient (Wildman–Crippen LogP) is 4.28. The zero-order valence-corrected chi connectivity index (χ0v) is 11.8. The normalized spacial score (nSPS) is 18.2. The number of nitrogens with zero attached hydrogens (tertiary/aromatic N) is 2. The van der Waals surface area contributed by atoms with E-state index in [0.717, 1.165) is 41.6 Å². The van der Waals surface area contributed by atoms with Gasteiger partial charge >= 0.3 is 0 Å². The molecule has 0 spiro atoms. The molecule has 0 radical (unpaired) electrons. The maximum absolute atomic E-state index is 9.37. The van der Waals surface area contributed by atoms with Gasteiger partial charge in [0.15, 0.2) is 0 Å². The van der Waals surface area contributed by atoms with Gasteiger partial charge in [0.1, 0.15) is 11.9 Å². The van der Waals surface area contributed by atoms with E-state index in [0.29, 0.717) is 0 Å². The number of benzene rings is 1. The van der Waals surface area contributed by atoms with Gasteiger partial charge in [0.2, 0.25) is 0 Å². The molecule has 3 rings (SSSR count). The van der Waals surface area contributed by atoms with Crippen LogP contribution in [0.4, 0.5) is 5.82 Å². The van der Waals surface area contributed by atoms with E-state index in [1.165, 1.54) is 12.8 Å². The Kier molecular flexibility index (Phi) is 3.47. The van der Waals surface area contributed by atoms with Crippen molar-refractivity contribution < 1.29 is 2.85 Å². The topological polar surface area (TPSA) is 42.8 Å². The van der Waals surface area contributed by atoms with Gasteiger partial charge in [-0.15, -0.1) is 0 Å². The van der Waals surface area contributed by atoms with Gasteiger partial charge in [-0.2, -0.15) is 5.26 Å². The fourth-order valence-corrected chi connectivity index (χ4v) is 2.92. The lowest BCUT2D eigenvalue weighted by molar-refractivity contribution is 0.569. The molecule has 0 amide bonds. The zero-order chi connectivity index (χ0) is 13.9. The summed E-state index contributed by atoms with van der Waals surface area (Å²) >= 11 is 0. The van der Waals surface area contributed by atoms with E-state index in [4.69, 9.17) is 0 Å². The van der Waals surface area contributed by atoms with Gasteiger partial charge in [-0.3, -0.25) is 0 Å². The van der Waals surface area contributed by atoms with Crippen LogP contribution in [0.3, 0.4) is 0 Å². The molecule has 0 saturated carbocycles. The SMILES string of the molecule is CCC1CCN(c2[nH]c(-c3ccccc3)cc2C#N)C1.[HH].[HH].